The van der Waals surface area contributed by atoms with Gasteiger partial charge in [-0.1, -0.05) is 25.1 Å². The van der Waals surface area contributed by atoms with E-state index in [1.165, 1.54) is 0 Å². The molecule has 5 nitrogen and oxygen atoms in total. The van der Waals surface area contributed by atoms with Crippen molar-refractivity contribution >= 4 is 5.91 Å². The largest absolute Gasteiger partial charge is 0.497 e. The number of hydrogen-bond acceptors (Lipinski definition) is 3. The lowest BCUT2D eigenvalue weighted by molar-refractivity contribution is 0.0550. The Kier molecular flexibility index (Phi) is 6.59. The van der Waals surface area contributed by atoms with E-state index in [9.17, 15) is 13.6 Å². The van der Waals surface area contributed by atoms with Gasteiger partial charge in [0, 0.05) is 12.1 Å². The molecule has 0 N–H and O–H groups in total. The Bertz CT molecular complexity index is 940. The van der Waals surface area contributed by atoms with Crippen molar-refractivity contribution in [2.24, 2.45) is 0 Å². The number of benzene rings is 2. The molecule has 0 aliphatic carbocycles. The predicted molar refractivity (Wildman–Crippen MR) is 108 cm³/mol. The molecule has 0 fully saturated rings. The molecule has 152 valence electrons. The molecule has 0 aliphatic heterocycles. The van der Waals surface area contributed by atoms with Crippen molar-refractivity contribution in [2.45, 2.75) is 19.8 Å². The summed E-state index contributed by atoms with van der Waals surface area (Å²) in [5.74, 6) is 0.207. The van der Waals surface area contributed by atoms with Crippen LogP contribution in [0.25, 0.3) is 16.9 Å². The molecule has 0 saturated heterocycles. The van der Waals surface area contributed by atoms with Gasteiger partial charge in [-0.2, -0.15) is 5.10 Å². The van der Waals surface area contributed by atoms with E-state index in [4.69, 9.17) is 4.74 Å². The Morgan fingerprint density at radius 3 is 2.41 bits per heavy atom. The summed E-state index contributed by atoms with van der Waals surface area (Å²) in [6.45, 7) is 1.49. The smallest absolute Gasteiger partial charge is 0.274 e. The molecule has 0 saturated carbocycles. The lowest BCUT2D eigenvalue weighted by Crippen LogP contribution is -2.36. The molecule has 0 unspecified atom stereocenters. The summed E-state index contributed by atoms with van der Waals surface area (Å²) >= 11 is 0. The van der Waals surface area contributed by atoms with Gasteiger partial charge >= 0.3 is 0 Å². The summed E-state index contributed by atoms with van der Waals surface area (Å²) in [5.41, 5.74) is 2.43. The van der Waals surface area contributed by atoms with Crippen LogP contribution >= 0.6 is 0 Å². The number of methoxy groups -OCH3 is 1. The molecule has 0 atom stereocenters. The van der Waals surface area contributed by atoms with Crippen molar-refractivity contribution in [3.05, 3.63) is 66.4 Å². The molecular formula is C22H23F2N3O2. The molecule has 3 rings (SSSR count). The van der Waals surface area contributed by atoms with E-state index in [-0.39, 0.29) is 12.2 Å². The number of nitrogens with zero attached hydrogens (tertiary/aromatic N) is 3. The number of amides is 1. The Morgan fingerprint density at radius 2 is 1.83 bits per heavy atom. The average Bonchev–Trinajstić information content (AvgIpc) is 3.19. The van der Waals surface area contributed by atoms with Crippen molar-refractivity contribution in [1.82, 2.24) is 14.7 Å². The highest BCUT2D eigenvalue weighted by Gasteiger charge is 2.23. The minimum atomic E-state index is -2.59. The molecule has 0 radical (unpaired) electrons. The zero-order chi connectivity index (χ0) is 20.8. The fraction of sp³-hybridized carbons (Fsp3) is 0.273. The molecular weight excluding hydrogens is 376 g/mol. The van der Waals surface area contributed by atoms with Crippen LogP contribution in [0.4, 0.5) is 8.78 Å². The zero-order valence-corrected chi connectivity index (χ0v) is 16.4. The van der Waals surface area contributed by atoms with Crippen LogP contribution in [0.3, 0.4) is 0 Å². The molecule has 0 aliphatic rings. The fourth-order valence-corrected chi connectivity index (χ4v) is 3.09. The average molecular weight is 399 g/mol. The van der Waals surface area contributed by atoms with E-state index in [2.05, 4.69) is 5.10 Å². The summed E-state index contributed by atoms with van der Waals surface area (Å²) in [6, 6.07) is 18.4. The Hall–Kier alpha value is -3.22. The fourth-order valence-electron chi connectivity index (χ4n) is 3.09. The van der Waals surface area contributed by atoms with Crippen LogP contribution in [0.5, 0.6) is 5.75 Å². The monoisotopic (exact) mass is 399 g/mol. The number of aromatic nitrogens is 2. The number of alkyl halides is 2. The Morgan fingerprint density at radius 1 is 1.14 bits per heavy atom. The third kappa shape index (κ3) is 4.80. The van der Waals surface area contributed by atoms with Crippen LogP contribution in [0, 0.1) is 0 Å². The van der Waals surface area contributed by atoms with Crippen LogP contribution in [0.2, 0.25) is 0 Å². The number of carbonyl (C=O) groups is 1. The van der Waals surface area contributed by atoms with E-state index in [1.807, 2.05) is 61.5 Å². The van der Waals surface area contributed by atoms with Crippen LogP contribution < -0.4 is 4.74 Å². The van der Waals surface area contributed by atoms with Crippen LogP contribution in [0.1, 0.15) is 23.8 Å². The highest BCUT2D eigenvalue weighted by molar-refractivity contribution is 5.93. The van der Waals surface area contributed by atoms with Gasteiger partial charge in [0.25, 0.3) is 12.3 Å². The van der Waals surface area contributed by atoms with Crippen molar-refractivity contribution in [2.75, 3.05) is 20.2 Å². The summed E-state index contributed by atoms with van der Waals surface area (Å²) in [6.07, 6.45) is -2.01. The van der Waals surface area contributed by atoms with Gasteiger partial charge < -0.3 is 9.64 Å². The molecule has 1 aromatic heterocycles. The maximum Gasteiger partial charge on any atom is 0.274 e. The van der Waals surface area contributed by atoms with Crippen molar-refractivity contribution in [3.8, 4) is 22.7 Å². The topological polar surface area (TPSA) is 47.4 Å². The first-order valence-corrected chi connectivity index (χ1v) is 9.40. The second kappa shape index (κ2) is 9.32. The zero-order valence-electron chi connectivity index (χ0n) is 16.4. The number of para-hydroxylation sites is 1. The van der Waals surface area contributed by atoms with E-state index < -0.39 is 18.9 Å². The summed E-state index contributed by atoms with van der Waals surface area (Å²) in [4.78, 5) is 14.0. The lowest BCUT2D eigenvalue weighted by atomic mass is 10.1. The Labute approximate surface area is 168 Å². The third-order valence-electron chi connectivity index (χ3n) is 4.45. The SMILES string of the molecule is CCCN(CC(F)F)C(=O)c1cc(-c2ccc(OC)cc2)n(-c2ccccc2)n1. The molecule has 1 heterocycles. The van der Waals surface area contributed by atoms with Crippen LogP contribution in [-0.4, -0.2) is 47.2 Å². The van der Waals surface area contributed by atoms with Gasteiger partial charge in [-0.15, -0.1) is 0 Å². The normalized spacial score (nSPS) is 10.9. The first kappa shape index (κ1) is 20.5. The van der Waals surface area contributed by atoms with Gasteiger partial charge in [0.05, 0.1) is 25.0 Å². The Balaban J connectivity index is 2.05. The second-order valence-corrected chi connectivity index (χ2v) is 6.53. The van der Waals surface area contributed by atoms with Gasteiger partial charge in [-0.3, -0.25) is 4.79 Å². The maximum atomic E-state index is 12.9. The minimum absolute atomic E-state index is 0.133. The first-order valence-electron chi connectivity index (χ1n) is 9.40. The van der Waals surface area contributed by atoms with Gasteiger partial charge in [-0.25, -0.2) is 13.5 Å². The number of hydrogen-bond donors (Lipinski definition) is 0. The third-order valence-corrected chi connectivity index (χ3v) is 4.45. The number of rotatable bonds is 8. The van der Waals surface area contributed by atoms with Crippen molar-refractivity contribution in [1.29, 1.82) is 0 Å². The number of ether oxygens (including phenoxy) is 1. The van der Waals surface area contributed by atoms with Crippen molar-refractivity contribution in [3.63, 3.8) is 0 Å². The number of carbonyl (C=O) groups excluding carboxylic acids is 1. The van der Waals surface area contributed by atoms with Crippen molar-refractivity contribution < 1.29 is 18.3 Å². The molecule has 0 bridgehead atoms. The van der Waals surface area contributed by atoms with Gasteiger partial charge in [0.2, 0.25) is 0 Å². The molecule has 29 heavy (non-hydrogen) atoms. The van der Waals surface area contributed by atoms with Gasteiger partial charge in [0.1, 0.15) is 5.75 Å². The maximum absolute atomic E-state index is 12.9. The minimum Gasteiger partial charge on any atom is -0.497 e. The standard InChI is InChI=1S/C22H23F2N3O2/c1-3-13-26(15-21(23)24)22(28)19-14-20(16-9-11-18(29-2)12-10-16)27(25-19)17-7-5-4-6-8-17/h4-12,14,21H,3,13,15H2,1-2H3. The quantitative estimate of drug-likeness (QED) is 0.553. The number of halogens is 2. The van der Waals surface area contributed by atoms with Crippen LogP contribution in [0.15, 0.2) is 60.7 Å². The van der Waals surface area contributed by atoms with E-state index in [0.717, 1.165) is 16.2 Å². The first-order chi connectivity index (χ1) is 14.0. The molecule has 1 amide bonds. The second-order valence-electron chi connectivity index (χ2n) is 6.53. The molecule has 0 spiro atoms. The van der Waals surface area contributed by atoms with Gasteiger partial charge in [-0.05, 0) is 48.9 Å². The highest BCUT2D eigenvalue weighted by atomic mass is 19.3. The van der Waals surface area contributed by atoms with E-state index >= 15 is 0 Å². The van der Waals surface area contributed by atoms with Gasteiger partial charge in [0.15, 0.2) is 5.69 Å². The van der Waals surface area contributed by atoms with E-state index in [1.54, 1.807) is 17.9 Å². The highest BCUT2D eigenvalue weighted by Crippen LogP contribution is 2.26. The summed E-state index contributed by atoms with van der Waals surface area (Å²) < 4.78 is 32.7. The van der Waals surface area contributed by atoms with E-state index in [0.29, 0.717) is 17.9 Å². The molecule has 2 aromatic carbocycles. The lowest BCUT2D eigenvalue weighted by Gasteiger charge is -2.20. The summed E-state index contributed by atoms with van der Waals surface area (Å²) in [5, 5.41) is 4.46. The molecule has 7 heteroatoms. The van der Waals surface area contributed by atoms with Crippen LogP contribution in [-0.2, 0) is 0 Å². The summed E-state index contributed by atoms with van der Waals surface area (Å²) in [7, 11) is 1.59. The molecule has 3 aromatic rings. The predicted octanol–water partition coefficient (Wildman–Crippen LogP) is 4.67.